The largest absolute Gasteiger partial charge is 0.399 e. The van der Waals surface area contributed by atoms with Crippen molar-refractivity contribution in [3.05, 3.63) is 45.3 Å². The summed E-state index contributed by atoms with van der Waals surface area (Å²) in [6, 6.07) is 8.39. The Morgan fingerprint density at radius 2 is 2.12 bits per heavy atom. The molecule has 0 bridgehead atoms. The highest BCUT2D eigenvalue weighted by molar-refractivity contribution is 7.08. The maximum absolute atomic E-state index is 9.88. The van der Waals surface area contributed by atoms with Gasteiger partial charge < -0.3 is 5.73 Å². The third-order valence-corrected chi connectivity index (χ3v) is 5.79. The monoisotopic (exact) mass is 335 g/mol. The van der Waals surface area contributed by atoms with E-state index in [0.717, 1.165) is 24.2 Å². The summed E-state index contributed by atoms with van der Waals surface area (Å²) < 4.78 is 0. The molecule has 2 atom stereocenters. The maximum atomic E-state index is 9.88. The highest BCUT2D eigenvalue weighted by Gasteiger charge is 2.54. The first-order valence-corrected chi connectivity index (χ1v) is 8.74. The van der Waals surface area contributed by atoms with E-state index in [2.05, 4.69) is 30.0 Å². The highest BCUT2D eigenvalue weighted by Crippen LogP contribution is 2.54. The van der Waals surface area contributed by atoms with Crippen LogP contribution < -0.4 is 5.73 Å². The molecule has 0 unspecified atom stereocenters. The lowest BCUT2D eigenvalue weighted by molar-refractivity contribution is 0.215. The van der Waals surface area contributed by atoms with Crippen molar-refractivity contribution in [2.75, 3.05) is 19.6 Å². The SMILES string of the molecule is CCN1CC=C2C(C#N)=C(N)C(C#N)(C#N)[C@@H](c3ccsc3)[C@H]2C1. The fourth-order valence-electron chi connectivity index (χ4n) is 3.83. The number of allylic oxidation sites excluding steroid dienone is 2. The molecule has 0 spiro atoms. The highest BCUT2D eigenvalue weighted by atomic mass is 32.1. The van der Waals surface area contributed by atoms with Crippen LogP contribution in [0, 0.1) is 45.3 Å². The molecule has 0 fully saturated rings. The maximum Gasteiger partial charge on any atom is 0.191 e. The lowest BCUT2D eigenvalue weighted by Crippen LogP contribution is -2.47. The number of thiophene rings is 1. The molecule has 1 aliphatic carbocycles. The van der Waals surface area contributed by atoms with Crippen LogP contribution in [0.15, 0.2) is 39.7 Å². The van der Waals surface area contributed by atoms with E-state index in [9.17, 15) is 15.8 Å². The zero-order valence-corrected chi connectivity index (χ0v) is 14.2. The number of rotatable bonds is 2. The van der Waals surface area contributed by atoms with Crippen molar-refractivity contribution < 1.29 is 0 Å². The molecule has 0 saturated heterocycles. The molecule has 1 aromatic rings. The average Bonchev–Trinajstić information content (AvgIpc) is 3.14. The molecule has 6 heteroatoms. The predicted octanol–water partition coefficient (Wildman–Crippen LogP) is 2.49. The van der Waals surface area contributed by atoms with Gasteiger partial charge >= 0.3 is 0 Å². The van der Waals surface area contributed by atoms with Crippen molar-refractivity contribution in [1.29, 1.82) is 15.8 Å². The zero-order chi connectivity index (χ0) is 17.3. The van der Waals surface area contributed by atoms with Gasteiger partial charge in [-0.25, -0.2) is 0 Å². The topological polar surface area (TPSA) is 101 Å². The summed E-state index contributed by atoms with van der Waals surface area (Å²) >= 11 is 1.53. The Balaban J connectivity index is 2.29. The average molecular weight is 335 g/mol. The van der Waals surface area contributed by atoms with E-state index in [4.69, 9.17) is 5.73 Å². The molecule has 0 saturated carbocycles. The number of nitriles is 3. The molecule has 1 aromatic heterocycles. The molecule has 0 radical (unpaired) electrons. The summed E-state index contributed by atoms with van der Waals surface area (Å²) in [6.45, 7) is 4.43. The van der Waals surface area contributed by atoms with Gasteiger partial charge in [0, 0.05) is 24.9 Å². The first-order valence-electron chi connectivity index (χ1n) is 7.80. The number of hydrogen-bond acceptors (Lipinski definition) is 6. The lowest BCUT2D eigenvalue weighted by atomic mass is 9.58. The molecular weight excluding hydrogens is 318 g/mol. The molecule has 0 aromatic carbocycles. The van der Waals surface area contributed by atoms with Crippen LogP contribution in [0.2, 0.25) is 0 Å². The van der Waals surface area contributed by atoms with Gasteiger partial charge in [-0.1, -0.05) is 13.0 Å². The van der Waals surface area contributed by atoms with Gasteiger partial charge in [-0.3, -0.25) is 4.90 Å². The van der Waals surface area contributed by atoms with Crippen LogP contribution in [0.5, 0.6) is 0 Å². The summed E-state index contributed by atoms with van der Waals surface area (Å²) in [4.78, 5) is 2.25. The standard InChI is InChI=1S/C18H17N5S/c1-2-23-5-3-13-14(7-19)17(22)18(10-20,11-21)16(15(13)8-23)12-4-6-24-9-12/h3-4,6,9,15-16H,2,5,8,22H2,1H3/t15-,16-/m0/s1. The molecule has 2 aliphatic rings. The van der Waals surface area contributed by atoms with Crippen LogP contribution in [0.1, 0.15) is 18.4 Å². The van der Waals surface area contributed by atoms with Gasteiger partial charge in [-0.05, 0) is 34.5 Å². The second-order valence-electron chi connectivity index (χ2n) is 6.08. The van der Waals surface area contributed by atoms with Crippen LogP contribution in [-0.2, 0) is 0 Å². The summed E-state index contributed by atoms with van der Waals surface area (Å²) in [7, 11) is 0. The van der Waals surface area contributed by atoms with Crippen LogP contribution in [0.4, 0.5) is 0 Å². The first-order chi connectivity index (χ1) is 11.6. The van der Waals surface area contributed by atoms with Crippen LogP contribution in [0.3, 0.4) is 0 Å². The van der Waals surface area contributed by atoms with E-state index in [1.165, 1.54) is 11.3 Å². The van der Waals surface area contributed by atoms with Crippen molar-refractivity contribution >= 4 is 11.3 Å². The van der Waals surface area contributed by atoms with E-state index in [0.29, 0.717) is 12.1 Å². The molecule has 5 nitrogen and oxygen atoms in total. The Bertz CT molecular complexity index is 814. The van der Waals surface area contributed by atoms with Gasteiger partial charge in [-0.15, -0.1) is 0 Å². The van der Waals surface area contributed by atoms with Crippen molar-refractivity contribution in [2.45, 2.75) is 12.8 Å². The molecule has 120 valence electrons. The van der Waals surface area contributed by atoms with Crippen molar-refractivity contribution in [3.8, 4) is 18.2 Å². The first kappa shape index (κ1) is 16.3. The summed E-state index contributed by atoms with van der Waals surface area (Å²) in [5, 5.41) is 33.3. The van der Waals surface area contributed by atoms with E-state index < -0.39 is 5.41 Å². The fraction of sp³-hybridized carbons (Fsp3) is 0.389. The lowest BCUT2D eigenvalue weighted by Gasteiger charge is -2.45. The van der Waals surface area contributed by atoms with Gasteiger partial charge in [0.15, 0.2) is 5.41 Å². The Labute approximate surface area is 145 Å². The molecule has 24 heavy (non-hydrogen) atoms. The Morgan fingerprint density at radius 1 is 1.38 bits per heavy atom. The quantitative estimate of drug-likeness (QED) is 0.895. The fourth-order valence-corrected chi connectivity index (χ4v) is 4.52. The number of nitrogens with two attached hydrogens (primary N) is 1. The zero-order valence-electron chi connectivity index (χ0n) is 13.4. The molecule has 2 N–H and O–H groups in total. The molecule has 2 heterocycles. The van der Waals surface area contributed by atoms with E-state index in [-0.39, 0.29) is 17.5 Å². The van der Waals surface area contributed by atoms with Gasteiger partial charge in [0.2, 0.25) is 0 Å². The third kappa shape index (κ3) is 2.14. The van der Waals surface area contributed by atoms with Crippen LogP contribution >= 0.6 is 11.3 Å². The summed E-state index contributed by atoms with van der Waals surface area (Å²) in [5.74, 6) is -0.453. The molecular formula is C18H17N5S. The van der Waals surface area contributed by atoms with Crippen molar-refractivity contribution in [2.24, 2.45) is 17.1 Å². The number of nitrogens with zero attached hydrogens (tertiary/aromatic N) is 4. The predicted molar refractivity (Wildman–Crippen MR) is 91.2 cm³/mol. The third-order valence-electron chi connectivity index (χ3n) is 5.09. The second-order valence-corrected chi connectivity index (χ2v) is 6.86. The molecule has 0 amide bonds. The summed E-state index contributed by atoms with van der Waals surface area (Å²) in [6.07, 6.45) is 2.03. The minimum atomic E-state index is -1.51. The molecule has 1 aliphatic heterocycles. The van der Waals surface area contributed by atoms with Gasteiger partial charge in [0.1, 0.15) is 6.07 Å². The normalized spacial score (nSPS) is 25.8. The van der Waals surface area contributed by atoms with Gasteiger partial charge in [0.25, 0.3) is 0 Å². The van der Waals surface area contributed by atoms with E-state index in [1.54, 1.807) is 0 Å². The van der Waals surface area contributed by atoms with Gasteiger partial charge in [0.05, 0.1) is 23.4 Å². The van der Waals surface area contributed by atoms with E-state index >= 15 is 0 Å². The number of likely N-dealkylation sites (N-methyl/N-ethyl adjacent to an activating group) is 1. The smallest absolute Gasteiger partial charge is 0.191 e. The Morgan fingerprint density at radius 3 is 2.67 bits per heavy atom. The van der Waals surface area contributed by atoms with Gasteiger partial charge in [-0.2, -0.15) is 27.1 Å². The Hall–Kier alpha value is -2.59. The van der Waals surface area contributed by atoms with Crippen LogP contribution in [-0.4, -0.2) is 24.5 Å². The van der Waals surface area contributed by atoms with Crippen molar-refractivity contribution in [1.82, 2.24) is 4.90 Å². The van der Waals surface area contributed by atoms with E-state index in [1.807, 2.05) is 22.9 Å². The number of hydrogen-bond donors (Lipinski definition) is 1. The second kappa shape index (κ2) is 6.13. The van der Waals surface area contributed by atoms with Crippen LogP contribution in [0.25, 0.3) is 0 Å². The minimum Gasteiger partial charge on any atom is -0.399 e. The summed E-state index contributed by atoms with van der Waals surface area (Å²) in [5.41, 5.74) is 6.95. The molecule has 3 rings (SSSR count). The van der Waals surface area contributed by atoms with Crippen molar-refractivity contribution in [3.63, 3.8) is 0 Å². The Kier molecular flexibility index (Phi) is 4.16. The minimum absolute atomic E-state index is 0.0884. The number of fused-ring (bicyclic) bond motifs is 1.